The second-order valence-electron chi connectivity index (χ2n) is 7.39. The maximum Gasteiger partial charge on any atom is 0.337 e. The SMILES string of the molecule is COC(=O)c1ccc(-c2ccc(/C=C3\C(=N)N4N=C(COc5ccccc5)SC4=NC3=O)o2)cc1. The number of carbonyl (C=O) groups excluding carboxylic acids is 2. The van der Waals surface area contributed by atoms with E-state index in [1.54, 1.807) is 36.4 Å². The number of carbonyl (C=O) groups is 2. The third-order valence-electron chi connectivity index (χ3n) is 5.11. The first kappa shape index (κ1) is 22.4. The molecule has 0 atom stereocenters. The number of rotatable bonds is 6. The summed E-state index contributed by atoms with van der Waals surface area (Å²) in [5, 5.41) is 15.1. The van der Waals surface area contributed by atoms with E-state index in [1.807, 2.05) is 30.3 Å². The summed E-state index contributed by atoms with van der Waals surface area (Å²) in [6.45, 7) is 0.195. The monoisotopic (exact) mass is 486 g/mol. The third-order valence-corrected chi connectivity index (χ3v) is 5.99. The summed E-state index contributed by atoms with van der Waals surface area (Å²) in [6, 6.07) is 19.5. The molecule has 0 saturated heterocycles. The number of esters is 1. The first-order valence-electron chi connectivity index (χ1n) is 10.5. The van der Waals surface area contributed by atoms with Crippen molar-refractivity contribution in [1.82, 2.24) is 5.01 Å². The molecule has 0 radical (unpaired) electrons. The number of para-hydroxylation sites is 1. The van der Waals surface area contributed by atoms with Gasteiger partial charge in [-0.15, -0.1) is 0 Å². The second-order valence-corrected chi connectivity index (χ2v) is 8.43. The molecule has 0 fully saturated rings. The highest BCUT2D eigenvalue weighted by Gasteiger charge is 2.36. The lowest BCUT2D eigenvalue weighted by Gasteiger charge is -2.19. The Hall–Kier alpha value is -4.44. The Labute approximate surface area is 204 Å². The van der Waals surface area contributed by atoms with E-state index >= 15 is 0 Å². The van der Waals surface area contributed by atoms with Crippen LogP contribution in [0.5, 0.6) is 5.75 Å². The van der Waals surface area contributed by atoms with Gasteiger partial charge < -0.3 is 13.9 Å². The van der Waals surface area contributed by atoms with Crippen LogP contribution in [-0.2, 0) is 9.53 Å². The number of furan rings is 1. The Bertz CT molecular complexity index is 1410. The third kappa shape index (κ3) is 4.64. The highest BCUT2D eigenvalue weighted by atomic mass is 32.2. The van der Waals surface area contributed by atoms with Crippen LogP contribution < -0.4 is 4.74 Å². The molecule has 0 saturated carbocycles. The lowest BCUT2D eigenvalue weighted by molar-refractivity contribution is -0.114. The van der Waals surface area contributed by atoms with Gasteiger partial charge in [-0.3, -0.25) is 10.2 Å². The smallest absolute Gasteiger partial charge is 0.337 e. The number of thioether (sulfide) groups is 1. The molecule has 1 aromatic heterocycles. The predicted octanol–water partition coefficient (Wildman–Crippen LogP) is 4.43. The van der Waals surface area contributed by atoms with Crippen LogP contribution in [0, 0.1) is 5.41 Å². The summed E-state index contributed by atoms with van der Waals surface area (Å²) in [5.41, 5.74) is 1.24. The quantitative estimate of drug-likeness (QED) is 0.404. The Balaban J connectivity index is 1.32. The number of nitrogens with zero attached hydrogens (tertiary/aromatic N) is 3. The van der Waals surface area contributed by atoms with Gasteiger partial charge in [0, 0.05) is 5.56 Å². The van der Waals surface area contributed by atoms with Crippen molar-refractivity contribution in [3.63, 3.8) is 0 Å². The minimum Gasteiger partial charge on any atom is -0.487 e. The van der Waals surface area contributed by atoms with Crippen LogP contribution in [0.25, 0.3) is 17.4 Å². The molecule has 2 aromatic carbocycles. The fraction of sp³-hybridized carbons (Fsp3) is 0.0800. The standard InChI is InChI=1S/C25H18N4O5S/c1-32-24(31)16-9-7-15(8-10-16)20-12-11-18(34-20)13-19-22(26)29-25(27-23(19)30)35-21(28-29)14-33-17-5-3-2-4-6-17/h2-13,26H,14H2,1H3/b19-13+,26-22?. The largest absolute Gasteiger partial charge is 0.487 e. The van der Waals surface area contributed by atoms with Crippen molar-refractivity contribution >= 4 is 45.8 Å². The lowest BCUT2D eigenvalue weighted by Crippen LogP contribution is -2.35. The van der Waals surface area contributed by atoms with Crippen LogP contribution in [0.4, 0.5) is 0 Å². The first-order chi connectivity index (χ1) is 17.0. The van der Waals surface area contributed by atoms with Crippen LogP contribution in [0.1, 0.15) is 16.1 Å². The summed E-state index contributed by atoms with van der Waals surface area (Å²) in [6.07, 6.45) is 1.47. The highest BCUT2D eigenvalue weighted by molar-refractivity contribution is 8.27. The van der Waals surface area contributed by atoms with Crippen LogP contribution in [-0.4, -0.2) is 46.6 Å². The molecule has 5 rings (SSSR count). The minimum absolute atomic E-state index is 0.0604. The van der Waals surface area contributed by atoms with Crippen molar-refractivity contribution in [2.24, 2.45) is 10.1 Å². The molecule has 2 aliphatic rings. The van der Waals surface area contributed by atoms with E-state index in [1.165, 1.54) is 30.0 Å². The van der Waals surface area contributed by atoms with Crippen LogP contribution in [0.15, 0.2) is 86.8 Å². The maximum atomic E-state index is 12.6. The lowest BCUT2D eigenvalue weighted by atomic mass is 10.1. The van der Waals surface area contributed by atoms with Gasteiger partial charge in [-0.1, -0.05) is 30.3 Å². The fourth-order valence-corrected chi connectivity index (χ4v) is 4.17. The predicted molar refractivity (Wildman–Crippen MR) is 132 cm³/mol. The molecule has 174 valence electrons. The van der Waals surface area contributed by atoms with Crippen molar-refractivity contribution in [1.29, 1.82) is 5.41 Å². The van der Waals surface area contributed by atoms with Crippen molar-refractivity contribution in [2.75, 3.05) is 13.7 Å². The number of amidine groups is 2. The number of hydrazone groups is 1. The van der Waals surface area contributed by atoms with Gasteiger partial charge >= 0.3 is 5.97 Å². The number of benzene rings is 2. The Kier molecular flexibility index (Phi) is 6.02. The molecule has 1 amide bonds. The molecular formula is C25H18N4O5S. The molecule has 3 heterocycles. The van der Waals surface area contributed by atoms with Crippen molar-refractivity contribution in [3.8, 4) is 17.1 Å². The van der Waals surface area contributed by atoms with Gasteiger partial charge in [-0.2, -0.15) is 15.1 Å². The minimum atomic E-state index is -0.547. The molecule has 0 bridgehead atoms. The van der Waals surface area contributed by atoms with E-state index in [4.69, 9.17) is 19.3 Å². The summed E-state index contributed by atoms with van der Waals surface area (Å²) >= 11 is 1.19. The van der Waals surface area contributed by atoms with Gasteiger partial charge in [0.15, 0.2) is 5.84 Å². The van der Waals surface area contributed by atoms with Crippen LogP contribution >= 0.6 is 11.8 Å². The molecular weight excluding hydrogens is 468 g/mol. The van der Waals surface area contributed by atoms with Gasteiger partial charge in [0.25, 0.3) is 5.91 Å². The van der Waals surface area contributed by atoms with Gasteiger partial charge in [-0.05, 0) is 54.2 Å². The Morgan fingerprint density at radius 3 is 2.63 bits per heavy atom. The van der Waals surface area contributed by atoms with Crippen molar-refractivity contribution in [3.05, 3.63) is 83.6 Å². The van der Waals surface area contributed by atoms with E-state index < -0.39 is 11.9 Å². The summed E-state index contributed by atoms with van der Waals surface area (Å²) in [5.74, 6) is 0.558. The van der Waals surface area contributed by atoms with E-state index in [0.717, 1.165) is 5.56 Å². The Morgan fingerprint density at radius 1 is 1.11 bits per heavy atom. The zero-order chi connectivity index (χ0) is 24.4. The number of ether oxygens (including phenoxy) is 2. The summed E-state index contributed by atoms with van der Waals surface area (Å²) in [4.78, 5) is 28.3. The summed E-state index contributed by atoms with van der Waals surface area (Å²) in [7, 11) is 1.32. The van der Waals surface area contributed by atoms with E-state index in [9.17, 15) is 9.59 Å². The van der Waals surface area contributed by atoms with Crippen LogP contribution in [0.3, 0.4) is 0 Å². The fourth-order valence-electron chi connectivity index (χ4n) is 3.37. The second kappa shape index (κ2) is 9.43. The molecule has 1 N–H and O–H groups in total. The summed E-state index contributed by atoms with van der Waals surface area (Å²) < 4.78 is 16.3. The van der Waals surface area contributed by atoms with Gasteiger partial charge in [0.1, 0.15) is 28.9 Å². The maximum absolute atomic E-state index is 12.6. The number of amides is 1. The number of hydrogen-bond acceptors (Lipinski definition) is 8. The average Bonchev–Trinajstić information content (AvgIpc) is 3.53. The number of aliphatic imine (C=N–C) groups is 1. The molecule has 0 spiro atoms. The van der Waals surface area contributed by atoms with E-state index in [2.05, 4.69) is 10.1 Å². The van der Waals surface area contributed by atoms with E-state index in [0.29, 0.717) is 33.0 Å². The van der Waals surface area contributed by atoms with E-state index in [-0.39, 0.29) is 18.0 Å². The number of hydrogen-bond donors (Lipinski definition) is 1. The normalized spacial score (nSPS) is 16.1. The molecule has 0 unspecified atom stereocenters. The molecule has 10 heteroatoms. The van der Waals surface area contributed by atoms with Gasteiger partial charge in [0.2, 0.25) is 5.17 Å². The highest BCUT2D eigenvalue weighted by Crippen LogP contribution is 2.30. The number of fused-ring (bicyclic) bond motifs is 1. The molecule has 3 aromatic rings. The molecule has 2 aliphatic heterocycles. The van der Waals surface area contributed by atoms with Crippen LogP contribution in [0.2, 0.25) is 0 Å². The topological polar surface area (TPSA) is 118 Å². The molecule has 9 nitrogen and oxygen atoms in total. The zero-order valence-corrected chi connectivity index (χ0v) is 19.2. The number of methoxy groups -OCH3 is 1. The average molecular weight is 487 g/mol. The number of nitrogens with one attached hydrogen (secondary N) is 1. The Morgan fingerprint density at radius 2 is 1.89 bits per heavy atom. The van der Waals surface area contributed by atoms with Crippen molar-refractivity contribution < 1.29 is 23.5 Å². The van der Waals surface area contributed by atoms with Gasteiger partial charge in [-0.25, -0.2) is 4.79 Å². The van der Waals surface area contributed by atoms with Gasteiger partial charge in [0.05, 0.1) is 18.2 Å². The molecule has 0 aliphatic carbocycles. The first-order valence-corrected chi connectivity index (χ1v) is 11.3. The molecule has 35 heavy (non-hydrogen) atoms. The zero-order valence-electron chi connectivity index (χ0n) is 18.4. The van der Waals surface area contributed by atoms with Crippen molar-refractivity contribution in [2.45, 2.75) is 0 Å².